The molecule has 1 saturated heterocycles. The molecular formula is C23H24FN5O6. The van der Waals surface area contributed by atoms with Crippen LogP contribution in [0.5, 0.6) is 5.88 Å². The fourth-order valence-electron chi connectivity index (χ4n) is 4.46. The number of nitrogens with zero attached hydrogens (tertiary/aromatic N) is 3. The average Bonchev–Trinajstić information content (AvgIpc) is 3.35. The number of likely N-dealkylation sites (N-methyl/N-ethyl adjacent to an activating group) is 1. The molecule has 2 unspecified atom stereocenters. The highest BCUT2D eigenvalue weighted by atomic mass is 19.1. The van der Waals surface area contributed by atoms with Gasteiger partial charge in [-0.2, -0.15) is 4.98 Å². The summed E-state index contributed by atoms with van der Waals surface area (Å²) in [5.41, 5.74) is 1.77. The largest absolute Gasteiger partial charge is 0.444 e. The molecule has 5 rings (SSSR count). The van der Waals surface area contributed by atoms with Crippen LogP contribution in [0.3, 0.4) is 0 Å². The van der Waals surface area contributed by atoms with Crippen LogP contribution >= 0.6 is 0 Å². The third-order valence-corrected chi connectivity index (χ3v) is 6.24. The molecule has 2 amide bonds. The molecule has 4 heterocycles. The predicted molar refractivity (Wildman–Crippen MR) is 122 cm³/mol. The molecule has 3 aliphatic rings. The number of esters is 1. The molecule has 0 aliphatic carbocycles. The van der Waals surface area contributed by atoms with Gasteiger partial charge in [-0.05, 0) is 36.7 Å². The first-order chi connectivity index (χ1) is 16.8. The Labute approximate surface area is 199 Å². The number of amides is 2. The summed E-state index contributed by atoms with van der Waals surface area (Å²) in [5.74, 6) is -0.766. The van der Waals surface area contributed by atoms with Gasteiger partial charge in [0.05, 0.1) is 30.4 Å². The Morgan fingerprint density at radius 1 is 1.29 bits per heavy atom. The lowest BCUT2D eigenvalue weighted by molar-refractivity contribution is -0.133. The van der Waals surface area contributed by atoms with Crippen LogP contribution in [-0.2, 0) is 20.7 Å². The molecule has 2 atom stereocenters. The lowest BCUT2D eigenvalue weighted by Crippen LogP contribution is -2.30. The van der Waals surface area contributed by atoms with Crippen molar-refractivity contribution < 1.29 is 33.4 Å². The van der Waals surface area contributed by atoms with Gasteiger partial charge in [-0.1, -0.05) is 6.07 Å². The number of carbonyl (C=O) groups is 3. The monoisotopic (exact) mass is 485 g/mol. The molecule has 0 bridgehead atoms. The van der Waals surface area contributed by atoms with Gasteiger partial charge >= 0.3 is 12.1 Å². The van der Waals surface area contributed by atoms with E-state index in [4.69, 9.17) is 9.47 Å². The van der Waals surface area contributed by atoms with Gasteiger partial charge in [0.15, 0.2) is 0 Å². The van der Waals surface area contributed by atoms with Crippen LogP contribution < -0.4 is 25.2 Å². The number of aliphatic hydroxyl groups excluding tert-OH is 1. The Balaban J connectivity index is 1.15. The van der Waals surface area contributed by atoms with Gasteiger partial charge in [0, 0.05) is 19.2 Å². The molecule has 1 aromatic heterocycles. The predicted octanol–water partition coefficient (Wildman–Crippen LogP) is 1.11. The van der Waals surface area contributed by atoms with Crippen LogP contribution in [0.2, 0.25) is 0 Å². The van der Waals surface area contributed by atoms with Gasteiger partial charge in [-0.15, -0.1) is 0 Å². The molecule has 3 aliphatic heterocycles. The zero-order valence-corrected chi connectivity index (χ0v) is 18.9. The summed E-state index contributed by atoms with van der Waals surface area (Å²) in [6, 6.07) is 6.14. The number of anilines is 3. The van der Waals surface area contributed by atoms with Gasteiger partial charge < -0.3 is 30.1 Å². The fraction of sp³-hybridized carbons (Fsp3) is 0.391. The molecule has 12 heteroatoms. The second-order valence-electron chi connectivity index (χ2n) is 8.57. The number of hydrogen-bond donors (Lipinski definition) is 3. The highest BCUT2D eigenvalue weighted by molar-refractivity contribution is 6.02. The van der Waals surface area contributed by atoms with Crippen LogP contribution in [-0.4, -0.2) is 67.4 Å². The number of nitrogens with one attached hydrogen (secondary N) is 2. The van der Waals surface area contributed by atoms with E-state index >= 15 is 0 Å². The van der Waals surface area contributed by atoms with Gasteiger partial charge in [-0.25, -0.2) is 14.0 Å². The van der Waals surface area contributed by atoms with Crippen molar-refractivity contribution in [3.8, 4) is 5.88 Å². The van der Waals surface area contributed by atoms with Crippen molar-refractivity contribution in [1.29, 1.82) is 0 Å². The van der Waals surface area contributed by atoms with E-state index in [1.54, 1.807) is 25.2 Å². The second kappa shape index (κ2) is 9.12. The highest BCUT2D eigenvalue weighted by Gasteiger charge is 2.34. The number of carbonyl (C=O) groups excluding carboxylic acids is 3. The third kappa shape index (κ3) is 4.37. The number of pyridine rings is 1. The van der Waals surface area contributed by atoms with Gasteiger partial charge in [0.2, 0.25) is 11.8 Å². The van der Waals surface area contributed by atoms with Crippen molar-refractivity contribution in [2.75, 3.05) is 48.3 Å². The maximum absolute atomic E-state index is 14.5. The topological polar surface area (TPSA) is 133 Å². The maximum atomic E-state index is 14.5. The summed E-state index contributed by atoms with van der Waals surface area (Å²) in [6.07, 6.45) is -1.51. The van der Waals surface area contributed by atoms with Crippen LogP contribution in [0.1, 0.15) is 23.7 Å². The quantitative estimate of drug-likeness (QED) is 0.390. The smallest absolute Gasteiger partial charge is 0.415 e. The molecular weight excluding hydrogens is 461 g/mol. The first kappa shape index (κ1) is 23.0. The Morgan fingerprint density at radius 2 is 2.11 bits per heavy atom. The first-order valence-corrected chi connectivity index (χ1v) is 11.2. The first-order valence-electron chi connectivity index (χ1n) is 11.2. The number of aliphatic hydroxyl groups is 1. The van der Waals surface area contributed by atoms with E-state index in [1.165, 1.54) is 15.9 Å². The highest BCUT2D eigenvalue weighted by Crippen LogP contribution is 2.36. The van der Waals surface area contributed by atoms with Gasteiger partial charge in [0.1, 0.15) is 24.3 Å². The molecule has 1 aromatic carbocycles. The van der Waals surface area contributed by atoms with Crippen molar-refractivity contribution in [1.82, 2.24) is 10.3 Å². The number of cyclic esters (lactones) is 1. The Hall–Kier alpha value is -3.77. The molecule has 1 fully saturated rings. The summed E-state index contributed by atoms with van der Waals surface area (Å²) in [7, 11) is 1.56. The number of benzene rings is 1. The minimum atomic E-state index is -1.16. The van der Waals surface area contributed by atoms with Crippen LogP contribution in [0.15, 0.2) is 24.3 Å². The van der Waals surface area contributed by atoms with E-state index in [2.05, 4.69) is 15.6 Å². The standard InChI is InChI=1S/C23H24FN5O6/c1-28-18(31)8-12-2-3-14(24)20(21(12)28)16(30)9-25-7-6-13-11-29(23(33)34-13)17-5-4-15-22(27-17)35-19(32)10-26-15/h2-5,13,16,25-26,30H,6-11H2,1H3. The average molecular weight is 485 g/mol. The van der Waals surface area contributed by atoms with Crippen molar-refractivity contribution in [3.63, 3.8) is 0 Å². The zero-order valence-electron chi connectivity index (χ0n) is 18.9. The van der Waals surface area contributed by atoms with E-state index in [1.807, 2.05) is 0 Å². The molecule has 35 heavy (non-hydrogen) atoms. The molecule has 0 radical (unpaired) electrons. The van der Waals surface area contributed by atoms with E-state index in [0.717, 1.165) is 0 Å². The minimum absolute atomic E-state index is 0.0533. The Morgan fingerprint density at radius 3 is 2.94 bits per heavy atom. The van der Waals surface area contributed by atoms with Crippen molar-refractivity contribution in [3.05, 3.63) is 41.2 Å². The summed E-state index contributed by atoms with van der Waals surface area (Å²) in [4.78, 5) is 42.8. The molecule has 3 N–H and O–H groups in total. The Bertz CT molecular complexity index is 1210. The summed E-state index contributed by atoms with van der Waals surface area (Å²) < 4.78 is 25.0. The Kier molecular flexibility index (Phi) is 5.99. The van der Waals surface area contributed by atoms with Crippen molar-refractivity contribution in [2.45, 2.75) is 25.0 Å². The number of aromatic nitrogens is 1. The van der Waals surface area contributed by atoms with E-state index < -0.39 is 30.1 Å². The lowest BCUT2D eigenvalue weighted by atomic mass is 10.0. The molecule has 0 saturated carbocycles. The maximum Gasteiger partial charge on any atom is 0.415 e. The molecule has 11 nitrogen and oxygen atoms in total. The minimum Gasteiger partial charge on any atom is -0.444 e. The van der Waals surface area contributed by atoms with Gasteiger partial charge in [-0.3, -0.25) is 9.69 Å². The SMILES string of the molecule is CN1C(=O)Cc2ccc(F)c(C(O)CNCCC3CN(c4ccc5c(n4)OC(=O)CN5)C(=O)O3)c21. The van der Waals surface area contributed by atoms with Crippen LogP contribution in [0.25, 0.3) is 0 Å². The molecule has 0 spiro atoms. The molecule has 184 valence electrons. The number of ether oxygens (including phenoxy) is 2. The van der Waals surface area contributed by atoms with E-state index in [9.17, 15) is 23.9 Å². The number of hydrogen-bond acceptors (Lipinski definition) is 9. The zero-order chi connectivity index (χ0) is 24.7. The number of halogens is 1. The lowest BCUT2D eigenvalue weighted by Gasteiger charge is -2.20. The normalized spacial score (nSPS) is 19.7. The van der Waals surface area contributed by atoms with Crippen LogP contribution in [0, 0.1) is 5.82 Å². The number of fused-ring (bicyclic) bond motifs is 2. The van der Waals surface area contributed by atoms with Crippen molar-refractivity contribution >= 4 is 35.2 Å². The third-order valence-electron chi connectivity index (χ3n) is 6.24. The summed E-state index contributed by atoms with van der Waals surface area (Å²) in [5, 5.41) is 16.6. The van der Waals surface area contributed by atoms with E-state index in [-0.39, 0.29) is 43.4 Å². The van der Waals surface area contributed by atoms with Crippen molar-refractivity contribution in [2.24, 2.45) is 0 Å². The van der Waals surface area contributed by atoms with Crippen LogP contribution in [0.4, 0.5) is 26.4 Å². The summed E-state index contributed by atoms with van der Waals surface area (Å²) >= 11 is 0. The summed E-state index contributed by atoms with van der Waals surface area (Å²) in [6.45, 7) is 0.764. The molecule has 2 aromatic rings. The fourth-order valence-corrected chi connectivity index (χ4v) is 4.46. The van der Waals surface area contributed by atoms with Gasteiger partial charge in [0.25, 0.3) is 0 Å². The van der Waals surface area contributed by atoms with E-state index in [0.29, 0.717) is 35.7 Å². The number of rotatable bonds is 7. The second-order valence-corrected chi connectivity index (χ2v) is 8.57.